The second kappa shape index (κ2) is 7.66. The molecule has 0 radical (unpaired) electrons. The Morgan fingerprint density at radius 1 is 1.13 bits per heavy atom. The van der Waals surface area contributed by atoms with Gasteiger partial charge in [-0.15, -0.1) is 0 Å². The monoisotopic (exact) mass is 318 g/mol. The molecule has 5 nitrogen and oxygen atoms in total. The number of piperidine rings is 1. The number of nitrogens with zero attached hydrogens (tertiary/aromatic N) is 1. The summed E-state index contributed by atoms with van der Waals surface area (Å²) in [6.45, 7) is 1.35. The molecule has 1 aliphatic carbocycles. The van der Waals surface area contributed by atoms with E-state index < -0.39 is 0 Å². The lowest BCUT2D eigenvalue weighted by atomic mass is 9.86. The van der Waals surface area contributed by atoms with Crippen molar-refractivity contribution in [3.05, 3.63) is 24.2 Å². The molecule has 0 atom stereocenters. The lowest BCUT2D eigenvalue weighted by Gasteiger charge is -2.32. The molecular formula is C18H26N2O3. The smallest absolute Gasteiger partial charge is 0.289 e. The molecule has 0 bridgehead atoms. The van der Waals surface area contributed by atoms with Gasteiger partial charge in [0.2, 0.25) is 5.91 Å². The largest absolute Gasteiger partial charge is 0.459 e. The minimum absolute atomic E-state index is 0.0537. The van der Waals surface area contributed by atoms with Crippen molar-refractivity contribution in [2.24, 2.45) is 5.92 Å². The quantitative estimate of drug-likeness (QED) is 0.928. The van der Waals surface area contributed by atoms with Crippen molar-refractivity contribution < 1.29 is 14.0 Å². The zero-order chi connectivity index (χ0) is 16.1. The molecule has 1 saturated heterocycles. The van der Waals surface area contributed by atoms with E-state index in [0.29, 0.717) is 31.2 Å². The van der Waals surface area contributed by atoms with Gasteiger partial charge in [0.1, 0.15) is 0 Å². The molecule has 1 N–H and O–H groups in total. The van der Waals surface area contributed by atoms with E-state index in [0.717, 1.165) is 12.8 Å². The van der Waals surface area contributed by atoms with E-state index in [-0.39, 0.29) is 17.9 Å². The molecule has 0 unspecified atom stereocenters. The van der Waals surface area contributed by atoms with Crippen LogP contribution >= 0.6 is 0 Å². The highest BCUT2D eigenvalue weighted by molar-refractivity contribution is 5.91. The van der Waals surface area contributed by atoms with Crippen LogP contribution in [-0.2, 0) is 4.79 Å². The molecule has 2 amide bonds. The van der Waals surface area contributed by atoms with E-state index in [4.69, 9.17) is 4.42 Å². The van der Waals surface area contributed by atoms with E-state index in [1.807, 2.05) is 4.90 Å². The molecule has 23 heavy (non-hydrogen) atoms. The van der Waals surface area contributed by atoms with E-state index in [2.05, 4.69) is 5.32 Å². The third-order valence-corrected chi connectivity index (χ3v) is 5.08. The fraction of sp³-hybridized carbons (Fsp3) is 0.667. The number of hydrogen-bond donors (Lipinski definition) is 1. The van der Waals surface area contributed by atoms with E-state index in [1.54, 1.807) is 12.1 Å². The highest BCUT2D eigenvalue weighted by Crippen LogP contribution is 2.26. The maximum atomic E-state index is 12.2. The van der Waals surface area contributed by atoms with Gasteiger partial charge in [-0.1, -0.05) is 19.3 Å². The van der Waals surface area contributed by atoms with Gasteiger partial charge in [0.05, 0.1) is 6.26 Å². The molecule has 1 aromatic heterocycles. The number of carbonyl (C=O) groups is 2. The molecule has 1 aliphatic heterocycles. The number of hydrogen-bond acceptors (Lipinski definition) is 3. The summed E-state index contributed by atoms with van der Waals surface area (Å²) in [5.41, 5.74) is 0. The van der Waals surface area contributed by atoms with Crippen LogP contribution in [-0.4, -0.2) is 35.8 Å². The normalized spacial score (nSPS) is 20.4. The van der Waals surface area contributed by atoms with E-state index in [9.17, 15) is 9.59 Å². The first-order valence-electron chi connectivity index (χ1n) is 8.84. The SMILES string of the molecule is O=C(CC1CCCCC1)NC1CCN(C(=O)c2ccco2)CC1. The number of carbonyl (C=O) groups excluding carboxylic acids is 2. The Hall–Kier alpha value is -1.78. The first kappa shape index (κ1) is 16.1. The molecule has 126 valence electrons. The van der Waals surface area contributed by atoms with Gasteiger partial charge in [-0.3, -0.25) is 9.59 Å². The fourth-order valence-corrected chi connectivity index (χ4v) is 3.72. The molecule has 1 aromatic rings. The molecule has 0 spiro atoms. The Bertz CT molecular complexity index is 512. The van der Waals surface area contributed by atoms with E-state index in [1.165, 1.54) is 38.4 Å². The summed E-state index contributed by atoms with van der Waals surface area (Å²) in [7, 11) is 0. The lowest BCUT2D eigenvalue weighted by molar-refractivity contribution is -0.123. The molecule has 2 aliphatic rings. The van der Waals surface area contributed by atoms with Gasteiger partial charge < -0.3 is 14.6 Å². The average molecular weight is 318 g/mol. The predicted molar refractivity (Wildman–Crippen MR) is 87.0 cm³/mol. The van der Waals surface area contributed by atoms with Crippen molar-refractivity contribution >= 4 is 11.8 Å². The van der Waals surface area contributed by atoms with Crippen molar-refractivity contribution in [1.82, 2.24) is 10.2 Å². The summed E-state index contributed by atoms with van der Waals surface area (Å²) in [5.74, 6) is 1.10. The summed E-state index contributed by atoms with van der Waals surface area (Å²) in [4.78, 5) is 26.2. The fourth-order valence-electron chi connectivity index (χ4n) is 3.72. The van der Waals surface area contributed by atoms with Crippen LogP contribution in [0.2, 0.25) is 0 Å². The average Bonchev–Trinajstić information content (AvgIpc) is 3.10. The summed E-state index contributed by atoms with van der Waals surface area (Å²) < 4.78 is 5.16. The van der Waals surface area contributed by atoms with Crippen LogP contribution in [0.25, 0.3) is 0 Å². The molecular weight excluding hydrogens is 292 g/mol. The van der Waals surface area contributed by atoms with Crippen LogP contribution in [0.5, 0.6) is 0 Å². The maximum Gasteiger partial charge on any atom is 0.289 e. The maximum absolute atomic E-state index is 12.2. The van der Waals surface area contributed by atoms with Gasteiger partial charge in [0, 0.05) is 25.6 Å². The molecule has 2 fully saturated rings. The van der Waals surface area contributed by atoms with Crippen LogP contribution in [0.15, 0.2) is 22.8 Å². The van der Waals surface area contributed by atoms with Crippen molar-refractivity contribution in [1.29, 1.82) is 0 Å². The zero-order valence-electron chi connectivity index (χ0n) is 13.6. The van der Waals surface area contributed by atoms with Gasteiger partial charge in [0.15, 0.2) is 5.76 Å². The number of nitrogens with one attached hydrogen (secondary N) is 1. The number of amides is 2. The Balaban J connectivity index is 1.40. The minimum Gasteiger partial charge on any atom is -0.459 e. The predicted octanol–water partition coefficient (Wildman–Crippen LogP) is 2.97. The van der Waals surface area contributed by atoms with Crippen molar-refractivity contribution in [2.75, 3.05) is 13.1 Å². The van der Waals surface area contributed by atoms with Gasteiger partial charge in [0.25, 0.3) is 5.91 Å². The second-order valence-electron chi connectivity index (χ2n) is 6.82. The summed E-state index contributed by atoms with van der Waals surface area (Å²) >= 11 is 0. The van der Waals surface area contributed by atoms with Crippen LogP contribution in [0.3, 0.4) is 0 Å². The molecule has 2 heterocycles. The van der Waals surface area contributed by atoms with Crippen LogP contribution in [0, 0.1) is 5.92 Å². The van der Waals surface area contributed by atoms with Crippen molar-refractivity contribution in [3.63, 3.8) is 0 Å². The third kappa shape index (κ3) is 4.36. The third-order valence-electron chi connectivity index (χ3n) is 5.08. The van der Waals surface area contributed by atoms with Crippen LogP contribution in [0.1, 0.15) is 61.9 Å². The number of furan rings is 1. The Labute approximate surface area is 137 Å². The Morgan fingerprint density at radius 2 is 1.87 bits per heavy atom. The van der Waals surface area contributed by atoms with E-state index >= 15 is 0 Å². The molecule has 5 heteroatoms. The van der Waals surface area contributed by atoms with Crippen LogP contribution in [0.4, 0.5) is 0 Å². The lowest BCUT2D eigenvalue weighted by Crippen LogP contribution is -2.46. The first-order chi connectivity index (χ1) is 11.2. The Morgan fingerprint density at radius 3 is 2.52 bits per heavy atom. The summed E-state index contributed by atoms with van der Waals surface area (Å²) in [6.07, 6.45) is 10.1. The first-order valence-corrected chi connectivity index (χ1v) is 8.84. The highest BCUT2D eigenvalue weighted by atomic mass is 16.3. The minimum atomic E-state index is -0.0537. The Kier molecular flexibility index (Phi) is 5.36. The topological polar surface area (TPSA) is 62.6 Å². The highest BCUT2D eigenvalue weighted by Gasteiger charge is 2.26. The van der Waals surface area contributed by atoms with Crippen molar-refractivity contribution in [2.45, 2.75) is 57.4 Å². The number of rotatable bonds is 4. The second-order valence-corrected chi connectivity index (χ2v) is 6.82. The molecule has 1 saturated carbocycles. The summed E-state index contributed by atoms with van der Waals surface area (Å²) in [6, 6.07) is 3.62. The van der Waals surface area contributed by atoms with Crippen molar-refractivity contribution in [3.8, 4) is 0 Å². The number of likely N-dealkylation sites (tertiary alicyclic amines) is 1. The molecule has 0 aromatic carbocycles. The van der Waals surface area contributed by atoms with Gasteiger partial charge >= 0.3 is 0 Å². The van der Waals surface area contributed by atoms with Gasteiger partial charge in [-0.25, -0.2) is 0 Å². The van der Waals surface area contributed by atoms with Crippen LogP contribution < -0.4 is 5.32 Å². The molecule has 3 rings (SSSR count). The zero-order valence-corrected chi connectivity index (χ0v) is 13.6. The summed E-state index contributed by atoms with van der Waals surface area (Å²) in [5, 5.41) is 3.16. The van der Waals surface area contributed by atoms with Gasteiger partial charge in [-0.05, 0) is 43.7 Å². The van der Waals surface area contributed by atoms with Gasteiger partial charge in [-0.2, -0.15) is 0 Å². The standard InChI is InChI=1S/C18H26N2O3/c21-17(13-14-5-2-1-3-6-14)19-15-8-10-20(11-9-15)18(22)16-7-4-12-23-16/h4,7,12,14-15H,1-3,5-6,8-11,13H2,(H,19,21).